The van der Waals surface area contributed by atoms with Crippen LogP contribution in [0.4, 0.5) is 0 Å². The fraction of sp³-hybridized carbons (Fsp3) is 0.269. The molecule has 1 amide bonds. The second kappa shape index (κ2) is 11.3. The van der Waals surface area contributed by atoms with E-state index in [0.29, 0.717) is 19.5 Å². The normalized spacial score (nSPS) is 11.1. The number of carbonyl (C=O) groups excluding carboxylic acids is 1. The maximum absolute atomic E-state index is 12.9. The van der Waals surface area contributed by atoms with Crippen LogP contribution in [0.25, 0.3) is 0 Å². The minimum absolute atomic E-state index is 0.0203. The lowest BCUT2D eigenvalue weighted by atomic mass is 9.96. The molecule has 0 aliphatic rings. The van der Waals surface area contributed by atoms with Crippen molar-refractivity contribution in [2.24, 2.45) is 0 Å². The molecule has 0 saturated heterocycles. The van der Waals surface area contributed by atoms with Crippen molar-refractivity contribution < 1.29 is 9.90 Å². The number of rotatable bonds is 10. The third-order valence-electron chi connectivity index (χ3n) is 5.28. The van der Waals surface area contributed by atoms with Crippen molar-refractivity contribution in [2.75, 3.05) is 19.7 Å². The topological polar surface area (TPSA) is 52.6 Å². The minimum Gasteiger partial charge on any atom is -0.396 e. The molecule has 0 unspecified atom stereocenters. The number of hydrogen-bond acceptors (Lipinski definition) is 3. The van der Waals surface area contributed by atoms with Crippen LogP contribution in [0.3, 0.4) is 0 Å². The third-order valence-corrected chi connectivity index (χ3v) is 5.28. The van der Waals surface area contributed by atoms with Crippen molar-refractivity contribution in [2.45, 2.75) is 25.9 Å². The van der Waals surface area contributed by atoms with Crippen molar-refractivity contribution in [3.05, 3.63) is 107 Å². The summed E-state index contributed by atoms with van der Waals surface area (Å²) in [5.74, 6) is -0.0203. The Morgan fingerprint density at radius 3 is 2.03 bits per heavy atom. The number of hydrogen-bond donors (Lipinski definition) is 2. The Balaban J connectivity index is 1.79. The van der Waals surface area contributed by atoms with Gasteiger partial charge < -0.3 is 10.4 Å². The molecule has 0 radical (unpaired) electrons. The highest BCUT2D eigenvalue weighted by atomic mass is 16.3. The van der Waals surface area contributed by atoms with E-state index in [-0.39, 0.29) is 25.1 Å². The van der Waals surface area contributed by atoms with Crippen LogP contribution in [-0.4, -0.2) is 35.6 Å². The van der Waals surface area contributed by atoms with Crippen molar-refractivity contribution >= 4 is 5.91 Å². The summed E-state index contributed by atoms with van der Waals surface area (Å²) in [6.45, 7) is 3.55. The Kier molecular flexibility index (Phi) is 8.19. The maximum Gasteiger partial charge on any atom is 0.234 e. The fourth-order valence-corrected chi connectivity index (χ4v) is 3.70. The van der Waals surface area contributed by atoms with Crippen LogP contribution >= 0.6 is 0 Å². The summed E-state index contributed by atoms with van der Waals surface area (Å²) < 4.78 is 0. The Morgan fingerprint density at radius 1 is 0.900 bits per heavy atom. The largest absolute Gasteiger partial charge is 0.396 e. The minimum atomic E-state index is -0.0526. The average molecular weight is 403 g/mol. The van der Waals surface area contributed by atoms with Gasteiger partial charge in [0.25, 0.3) is 0 Å². The Hall–Kier alpha value is -2.95. The molecule has 0 spiro atoms. The van der Waals surface area contributed by atoms with Crippen LogP contribution in [0.2, 0.25) is 0 Å². The van der Waals surface area contributed by atoms with Gasteiger partial charge in [0, 0.05) is 19.7 Å². The number of aryl methyl sites for hydroxylation is 1. The van der Waals surface area contributed by atoms with Gasteiger partial charge in [0.15, 0.2) is 0 Å². The van der Waals surface area contributed by atoms with Gasteiger partial charge in [-0.05, 0) is 35.6 Å². The van der Waals surface area contributed by atoms with E-state index in [0.717, 1.165) is 16.7 Å². The number of nitrogens with one attached hydrogen (secondary N) is 1. The number of aliphatic hydroxyl groups excluding tert-OH is 1. The van der Waals surface area contributed by atoms with E-state index in [1.54, 1.807) is 0 Å². The molecular formula is C26H30N2O2. The zero-order chi connectivity index (χ0) is 21.2. The molecule has 0 fully saturated rings. The third kappa shape index (κ3) is 6.02. The highest BCUT2D eigenvalue weighted by molar-refractivity contribution is 5.78. The summed E-state index contributed by atoms with van der Waals surface area (Å²) in [7, 11) is 0. The molecule has 3 aromatic rings. The molecule has 30 heavy (non-hydrogen) atoms. The molecule has 0 aliphatic heterocycles. The van der Waals surface area contributed by atoms with E-state index in [1.807, 2.05) is 54.6 Å². The molecule has 0 atom stereocenters. The van der Waals surface area contributed by atoms with Gasteiger partial charge in [0.2, 0.25) is 5.91 Å². The number of amides is 1. The Bertz CT molecular complexity index is 873. The average Bonchev–Trinajstić information content (AvgIpc) is 2.78. The molecule has 0 bridgehead atoms. The fourth-order valence-electron chi connectivity index (χ4n) is 3.70. The molecule has 0 aliphatic carbocycles. The highest BCUT2D eigenvalue weighted by Crippen LogP contribution is 2.28. The van der Waals surface area contributed by atoms with Crippen molar-refractivity contribution in [1.29, 1.82) is 0 Å². The SMILES string of the molecule is Cc1ccccc1CNC(=O)CN(CCCO)C(c1ccccc1)c1ccccc1. The van der Waals surface area contributed by atoms with Gasteiger partial charge >= 0.3 is 0 Å². The lowest BCUT2D eigenvalue weighted by Crippen LogP contribution is -2.40. The highest BCUT2D eigenvalue weighted by Gasteiger charge is 2.24. The van der Waals surface area contributed by atoms with Gasteiger partial charge in [-0.25, -0.2) is 0 Å². The summed E-state index contributed by atoms with van der Waals surface area (Å²) in [6.07, 6.45) is 0.612. The van der Waals surface area contributed by atoms with E-state index in [1.165, 1.54) is 5.56 Å². The summed E-state index contributed by atoms with van der Waals surface area (Å²) in [5.41, 5.74) is 4.55. The van der Waals surface area contributed by atoms with Crippen LogP contribution in [-0.2, 0) is 11.3 Å². The first kappa shape index (κ1) is 21.8. The van der Waals surface area contributed by atoms with E-state index >= 15 is 0 Å². The first-order valence-electron chi connectivity index (χ1n) is 10.4. The van der Waals surface area contributed by atoms with Gasteiger partial charge in [-0.15, -0.1) is 0 Å². The van der Waals surface area contributed by atoms with Crippen LogP contribution in [0, 0.1) is 6.92 Å². The molecule has 0 heterocycles. The summed E-state index contributed by atoms with van der Waals surface area (Å²) in [4.78, 5) is 15.0. The summed E-state index contributed by atoms with van der Waals surface area (Å²) >= 11 is 0. The number of carbonyl (C=O) groups is 1. The zero-order valence-electron chi connectivity index (χ0n) is 17.5. The van der Waals surface area contributed by atoms with Crippen LogP contribution in [0.15, 0.2) is 84.9 Å². The molecule has 3 aromatic carbocycles. The predicted octanol–water partition coefficient (Wildman–Crippen LogP) is 4.09. The van der Waals surface area contributed by atoms with Gasteiger partial charge in [-0.1, -0.05) is 84.9 Å². The second-order valence-electron chi connectivity index (χ2n) is 7.47. The lowest BCUT2D eigenvalue weighted by Gasteiger charge is -2.32. The van der Waals surface area contributed by atoms with Gasteiger partial charge in [-0.3, -0.25) is 9.69 Å². The van der Waals surface area contributed by atoms with E-state index in [4.69, 9.17) is 0 Å². The zero-order valence-corrected chi connectivity index (χ0v) is 17.5. The summed E-state index contributed by atoms with van der Waals surface area (Å²) in [5, 5.41) is 12.5. The second-order valence-corrected chi connectivity index (χ2v) is 7.47. The standard InChI is InChI=1S/C26H30N2O2/c1-21-11-8-9-16-24(21)19-27-25(30)20-28(17-10-18-29)26(22-12-4-2-5-13-22)23-14-6-3-7-15-23/h2-9,11-16,26,29H,10,17-20H2,1H3,(H,27,30). The smallest absolute Gasteiger partial charge is 0.234 e. The number of benzene rings is 3. The van der Waals surface area contributed by atoms with E-state index in [9.17, 15) is 9.90 Å². The molecule has 0 saturated carbocycles. The van der Waals surface area contributed by atoms with Crippen LogP contribution < -0.4 is 5.32 Å². The lowest BCUT2D eigenvalue weighted by molar-refractivity contribution is -0.122. The van der Waals surface area contributed by atoms with Crippen LogP contribution in [0.1, 0.15) is 34.7 Å². The van der Waals surface area contributed by atoms with Crippen molar-refractivity contribution in [3.8, 4) is 0 Å². The van der Waals surface area contributed by atoms with Gasteiger partial charge in [-0.2, -0.15) is 0 Å². The number of nitrogens with zero attached hydrogens (tertiary/aromatic N) is 1. The van der Waals surface area contributed by atoms with Gasteiger partial charge in [0.1, 0.15) is 0 Å². The van der Waals surface area contributed by atoms with E-state index < -0.39 is 0 Å². The molecule has 0 aromatic heterocycles. The van der Waals surface area contributed by atoms with E-state index in [2.05, 4.69) is 47.5 Å². The molecule has 3 rings (SSSR count). The first-order valence-corrected chi connectivity index (χ1v) is 10.4. The number of aliphatic hydroxyl groups is 1. The van der Waals surface area contributed by atoms with Crippen molar-refractivity contribution in [1.82, 2.24) is 10.2 Å². The first-order chi connectivity index (χ1) is 14.7. The molecule has 156 valence electrons. The van der Waals surface area contributed by atoms with Crippen molar-refractivity contribution in [3.63, 3.8) is 0 Å². The molecule has 4 nitrogen and oxygen atoms in total. The quantitative estimate of drug-likeness (QED) is 0.537. The van der Waals surface area contributed by atoms with Gasteiger partial charge in [0.05, 0.1) is 12.6 Å². The molecular weight excluding hydrogens is 372 g/mol. The summed E-state index contributed by atoms with van der Waals surface area (Å²) in [6, 6.07) is 28.5. The monoisotopic (exact) mass is 402 g/mol. The maximum atomic E-state index is 12.9. The predicted molar refractivity (Wildman–Crippen MR) is 121 cm³/mol. The Labute approximate surface area is 179 Å². The Morgan fingerprint density at radius 2 is 1.47 bits per heavy atom. The molecule has 2 N–H and O–H groups in total. The molecule has 4 heteroatoms. The van der Waals surface area contributed by atoms with Crippen LogP contribution in [0.5, 0.6) is 0 Å².